The van der Waals surface area contributed by atoms with Gasteiger partial charge in [-0.2, -0.15) is 10.2 Å². The number of imidazole rings is 2. The molecule has 0 aliphatic carbocycles. The number of rotatable bonds is 16. The number of aryl methyl sites for hydroxylation is 4. The Morgan fingerprint density at radius 1 is 0.857 bits per heavy atom. The number of fused-ring (bicyclic) bond motifs is 2. The maximum absolute atomic E-state index is 13.8. The molecule has 2 aliphatic heterocycles. The first-order valence-electron chi connectivity index (χ1n) is 21.0. The Labute approximate surface area is 362 Å². The Bertz CT molecular complexity index is 2790. The van der Waals surface area contributed by atoms with Gasteiger partial charge in [0.1, 0.15) is 16.9 Å². The summed E-state index contributed by atoms with van der Waals surface area (Å²) in [6.45, 7) is 13.4. The van der Waals surface area contributed by atoms with E-state index < -0.39 is 23.6 Å². The van der Waals surface area contributed by atoms with Crippen molar-refractivity contribution in [3.63, 3.8) is 0 Å². The minimum atomic E-state index is -0.676. The maximum atomic E-state index is 13.8. The van der Waals surface area contributed by atoms with Crippen molar-refractivity contribution < 1.29 is 23.9 Å². The second kappa shape index (κ2) is 17.3. The van der Waals surface area contributed by atoms with E-state index in [1.165, 1.54) is 16.9 Å². The minimum Gasteiger partial charge on any atom is -0.395 e. The number of nitrogens with zero attached hydrogens (tertiary/aromatic N) is 10. The van der Waals surface area contributed by atoms with Crippen molar-refractivity contribution in [2.75, 3.05) is 61.1 Å². The standard InChI is InChI=1S/C42H52N16O5/c1-5-57-31(17-24(3)52-57)38(61)50-40-48-29-19-26(35(44)59)18-28(46-11-15-54-14-9-42(22-54)10-16-63-23-42)33(29)55(40)12-7-8-13-56-37-30(20-27(21-47-37)36(45)60)49-41(56)51-39(62)34-32(43)25(4)53-58(34)6-2/h7-8,17-21,46H,5-6,9-16,22-23,43H2,1-4H3,(H2,44,59)(H2,45,60)(H,48,50,61)(H,49,51,62)/b8-7+. The molecule has 0 bridgehead atoms. The Morgan fingerprint density at radius 2 is 1.56 bits per heavy atom. The number of nitrogen functional groups attached to an aromatic ring is 1. The van der Waals surface area contributed by atoms with Crippen LogP contribution in [0, 0.1) is 19.3 Å². The molecule has 9 N–H and O–H groups in total. The SMILES string of the molecule is CCn1nc(C)cc1C(=O)Nc1nc2cc(C(N)=O)cc(NCCN3CCC4(CCOC4)C3)c2n1C/C=C/Cn1c(NC(=O)c2c(N)c(C)nn2CC)nc2cc(C(N)=O)cnc21. The van der Waals surface area contributed by atoms with E-state index in [0.29, 0.717) is 64.6 Å². The van der Waals surface area contributed by atoms with Crippen molar-refractivity contribution >= 4 is 69.1 Å². The van der Waals surface area contributed by atoms with E-state index in [9.17, 15) is 19.2 Å². The van der Waals surface area contributed by atoms with Gasteiger partial charge in [0.2, 0.25) is 23.7 Å². The average molecular weight is 861 g/mol. The molecule has 0 saturated carbocycles. The summed E-state index contributed by atoms with van der Waals surface area (Å²) >= 11 is 0. The smallest absolute Gasteiger partial charge is 0.278 e. The van der Waals surface area contributed by atoms with E-state index in [1.807, 2.05) is 37.5 Å². The number of benzene rings is 1. The second-order valence-corrected chi connectivity index (χ2v) is 16.1. The van der Waals surface area contributed by atoms with Gasteiger partial charge in [0, 0.05) is 69.6 Å². The fourth-order valence-corrected chi connectivity index (χ4v) is 8.49. The molecule has 0 radical (unpaired) electrons. The topological polar surface area (TPSA) is 279 Å². The van der Waals surface area contributed by atoms with Gasteiger partial charge >= 0.3 is 0 Å². The summed E-state index contributed by atoms with van der Waals surface area (Å²) in [6, 6.07) is 6.54. The Balaban J connectivity index is 1.12. The zero-order valence-corrected chi connectivity index (χ0v) is 35.8. The largest absolute Gasteiger partial charge is 0.395 e. The molecule has 63 heavy (non-hydrogen) atoms. The highest BCUT2D eigenvalue weighted by atomic mass is 16.5. The van der Waals surface area contributed by atoms with Gasteiger partial charge in [0.25, 0.3) is 11.8 Å². The summed E-state index contributed by atoms with van der Waals surface area (Å²) in [4.78, 5) is 68.6. The number of allylic oxidation sites excluding steroid dienone is 2. The summed E-state index contributed by atoms with van der Waals surface area (Å²) in [5, 5.41) is 18.2. The molecule has 6 aromatic rings. The van der Waals surface area contributed by atoms with Crippen LogP contribution < -0.4 is 33.2 Å². The molecule has 2 aliphatic rings. The lowest BCUT2D eigenvalue weighted by atomic mass is 9.87. The van der Waals surface area contributed by atoms with Crippen LogP contribution in [0.15, 0.2) is 42.6 Å². The van der Waals surface area contributed by atoms with Crippen LogP contribution in [0.4, 0.5) is 23.3 Å². The Hall–Kier alpha value is -7.13. The second-order valence-electron chi connectivity index (χ2n) is 16.1. The molecule has 21 heteroatoms. The van der Waals surface area contributed by atoms with E-state index in [1.54, 1.807) is 34.4 Å². The summed E-state index contributed by atoms with van der Waals surface area (Å²) in [6.07, 6.45) is 7.24. The van der Waals surface area contributed by atoms with Crippen LogP contribution in [0.1, 0.15) is 79.8 Å². The lowest BCUT2D eigenvalue weighted by Crippen LogP contribution is -2.31. The number of nitrogens with two attached hydrogens (primary N) is 3. The molecule has 1 atom stereocenters. The molecular formula is C42H52N16O5. The third kappa shape index (κ3) is 8.43. The number of aromatic nitrogens is 9. The number of ether oxygens (including phenoxy) is 1. The van der Waals surface area contributed by atoms with Crippen molar-refractivity contribution in [1.82, 2.24) is 48.5 Å². The van der Waals surface area contributed by atoms with E-state index in [-0.39, 0.29) is 52.9 Å². The van der Waals surface area contributed by atoms with Gasteiger partial charge in [0.15, 0.2) is 5.65 Å². The zero-order chi connectivity index (χ0) is 44.6. The number of likely N-dealkylation sites (tertiary alicyclic amines) is 1. The molecule has 1 spiro atoms. The van der Waals surface area contributed by atoms with Crippen LogP contribution in [0.5, 0.6) is 0 Å². The lowest BCUT2D eigenvalue weighted by molar-refractivity contribution is 0.0992. The van der Waals surface area contributed by atoms with E-state index >= 15 is 0 Å². The normalized spacial score (nSPS) is 16.6. The molecule has 2 saturated heterocycles. The van der Waals surface area contributed by atoms with Crippen LogP contribution in [-0.4, -0.2) is 112 Å². The van der Waals surface area contributed by atoms with E-state index in [0.717, 1.165) is 45.7 Å². The first-order chi connectivity index (χ1) is 30.3. The maximum Gasteiger partial charge on any atom is 0.278 e. The van der Waals surface area contributed by atoms with Crippen LogP contribution in [0.3, 0.4) is 0 Å². The van der Waals surface area contributed by atoms with E-state index in [4.69, 9.17) is 26.9 Å². The number of primary amides is 2. The van der Waals surface area contributed by atoms with Gasteiger partial charge in [-0.1, -0.05) is 12.2 Å². The quantitative estimate of drug-likeness (QED) is 0.0765. The summed E-state index contributed by atoms with van der Waals surface area (Å²) in [7, 11) is 0. The summed E-state index contributed by atoms with van der Waals surface area (Å²) < 4.78 is 12.4. The molecule has 7 heterocycles. The van der Waals surface area contributed by atoms with Crippen molar-refractivity contribution in [2.24, 2.45) is 16.9 Å². The molecular weight excluding hydrogens is 809 g/mol. The molecule has 1 unspecified atom stereocenters. The average Bonchev–Trinajstić information content (AvgIpc) is 4.12. The first kappa shape index (κ1) is 42.6. The molecule has 5 aromatic heterocycles. The predicted molar refractivity (Wildman–Crippen MR) is 236 cm³/mol. The fraction of sp³-hybridized carbons (Fsp3) is 0.405. The highest BCUT2D eigenvalue weighted by Crippen LogP contribution is 2.38. The number of carbonyl (C=O) groups is 4. The number of nitrogens with one attached hydrogen (secondary N) is 3. The van der Waals surface area contributed by atoms with Gasteiger partial charge in [0.05, 0.1) is 46.0 Å². The van der Waals surface area contributed by atoms with Crippen molar-refractivity contribution in [1.29, 1.82) is 0 Å². The number of pyridine rings is 1. The zero-order valence-electron chi connectivity index (χ0n) is 35.8. The van der Waals surface area contributed by atoms with Crippen LogP contribution in [-0.2, 0) is 30.9 Å². The fourth-order valence-electron chi connectivity index (χ4n) is 8.49. The highest BCUT2D eigenvalue weighted by molar-refractivity contribution is 6.07. The molecule has 21 nitrogen and oxygen atoms in total. The number of anilines is 4. The van der Waals surface area contributed by atoms with Gasteiger partial charge < -0.3 is 36.7 Å². The van der Waals surface area contributed by atoms with Gasteiger partial charge in [-0.05, 0) is 71.3 Å². The van der Waals surface area contributed by atoms with Crippen LogP contribution >= 0.6 is 0 Å². The van der Waals surface area contributed by atoms with Gasteiger partial charge in [-0.25, -0.2) is 15.0 Å². The molecule has 4 amide bonds. The first-order valence-corrected chi connectivity index (χ1v) is 21.0. The number of carbonyl (C=O) groups excluding carboxylic acids is 4. The number of amides is 4. The highest BCUT2D eigenvalue weighted by Gasteiger charge is 2.41. The van der Waals surface area contributed by atoms with Crippen molar-refractivity contribution in [2.45, 2.75) is 66.7 Å². The van der Waals surface area contributed by atoms with Crippen molar-refractivity contribution in [3.05, 3.63) is 76.5 Å². The van der Waals surface area contributed by atoms with Gasteiger partial charge in [-0.3, -0.25) is 43.7 Å². The Morgan fingerprint density at radius 3 is 2.27 bits per heavy atom. The minimum absolute atomic E-state index is 0.147. The molecule has 330 valence electrons. The third-order valence-electron chi connectivity index (χ3n) is 11.8. The number of hydrogen-bond donors (Lipinski definition) is 6. The molecule has 1 aromatic carbocycles. The van der Waals surface area contributed by atoms with Crippen LogP contribution in [0.2, 0.25) is 0 Å². The third-order valence-corrected chi connectivity index (χ3v) is 11.8. The van der Waals surface area contributed by atoms with Gasteiger partial charge in [-0.15, -0.1) is 0 Å². The predicted octanol–water partition coefficient (Wildman–Crippen LogP) is 2.90. The summed E-state index contributed by atoms with van der Waals surface area (Å²) in [5.41, 5.74) is 22.7. The Kier molecular flexibility index (Phi) is 11.7. The van der Waals surface area contributed by atoms with E-state index in [2.05, 4.69) is 41.0 Å². The molecule has 2 fully saturated rings. The lowest BCUT2D eigenvalue weighted by Gasteiger charge is -2.22. The monoisotopic (exact) mass is 860 g/mol. The summed E-state index contributed by atoms with van der Waals surface area (Å²) in [5.74, 6) is -1.85. The van der Waals surface area contributed by atoms with Crippen LogP contribution in [0.25, 0.3) is 22.2 Å². The molecule has 8 rings (SSSR count). The number of hydrogen-bond acceptors (Lipinski definition) is 13. The van der Waals surface area contributed by atoms with Crippen molar-refractivity contribution in [3.8, 4) is 0 Å².